The maximum atomic E-state index is 12.5. The van der Waals surface area contributed by atoms with Crippen LogP contribution in [-0.2, 0) is 16.1 Å². The molecule has 2 atom stereocenters. The lowest BCUT2D eigenvalue weighted by atomic mass is 9.96. The summed E-state index contributed by atoms with van der Waals surface area (Å²) in [5.74, 6) is 0.120. The predicted octanol–water partition coefficient (Wildman–Crippen LogP) is 2.32. The third-order valence-corrected chi connectivity index (χ3v) is 4.65. The minimum absolute atomic E-state index is 0.0280. The van der Waals surface area contributed by atoms with Crippen LogP contribution in [0.15, 0.2) is 12.1 Å². The Hall–Kier alpha value is -1.36. The SMILES string of the molecule is CCC1NC(=O)C(C(C)C)N(Cc2ccc(C)s2)C1=O. The molecule has 0 radical (unpaired) electrons. The smallest absolute Gasteiger partial charge is 0.246 e. The van der Waals surface area contributed by atoms with Gasteiger partial charge in [-0.15, -0.1) is 11.3 Å². The molecule has 0 saturated carbocycles. The maximum absolute atomic E-state index is 12.5. The third-order valence-electron chi connectivity index (χ3n) is 3.66. The Kier molecular flexibility index (Phi) is 4.48. The molecule has 1 saturated heterocycles. The molecule has 0 aliphatic carbocycles. The second-order valence-electron chi connectivity index (χ2n) is 5.64. The number of aryl methyl sites for hydroxylation is 1. The van der Waals surface area contributed by atoms with Crippen LogP contribution in [0.2, 0.25) is 0 Å². The van der Waals surface area contributed by atoms with Crippen LogP contribution < -0.4 is 5.32 Å². The van der Waals surface area contributed by atoms with Crippen molar-refractivity contribution in [3.8, 4) is 0 Å². The van der Waals surface area contributed by atoms with E-state index in [4.69, 9.17) is 0 Å². The number of nitrogens with zero attached hydrogens (tertiary/aromatic N) is 1. The molecule has 0 aromatic carbocycles. The molecule has 20 heavy (non-hydrogen) atoms. The van der Waals surface area contributed by atoms with Crippen molar-refractivity contribution in [3.63, 3.8) is 0 Å². The monoisotopic (exact) mass is 294 g/mol. The summed E-state index contributed by atoms with van der Waals surface area (Å²) in [5, 5.41) is 2.84. The van der Waals surface area contributed by atoms with Crippen molar-refractivity contribution in [2.45, 2.75) is 52.7 Å². The standard InChI is InChI=1S/C15H22N2O2S/c1-5-12-15(19)17(8-11-7-6-10(4)20-11)13(9(2)3)14(18)16-12/h6-7,9,12-13H,5,8H2,1-4H3,(H,16,18). The minimum atomic E-state index is -0.376. The highest BCUT2D eigenvalue weighted by Gasteiger charge is 2.41. The van der Waals surface area contributed by atoms with Gasteiger partial charge in [0.05, 0.1) is 6.54 Å². The molecule has 0 bridgehead atoms. The van der Waals surface area contributed by atoms with Crippen molar-refractivity contribution in [3.05, 3.63) is 21.9 Å². The van der Waals surface area contributed by atoms with Gasteiger partial charge in [0.1, 0.15) is 12.1 Å². The molecule has 1 fully saturated rings. The molecule has 4 nitrogen and oxygen atoms in total. The molecular formula is C15H22N2O2S. The van der Waals surface area contributed by atoms with Crippen LogP contribution in [0.3, 0.4) is 0 Å². The van der Waals surface area contributed by atoms with E-state index in [0.29, 0.717) is 13.0 Å². The highest BCUT2D eigenvalue weighted by Crippen LogP contribution is 2.24. The molecule has 2 heterocycles. The van der Waals surface area contributed by atoms with Crippen molar-refractivity contribution >= 4 is 23.2 Å². The van der Waals surface area contributed by atoms with Crippen LogP contribution in [0.5, 0.6) is 0 Å². The van der Waals surface area contributed by atoms with Gasteiger partial charge < -0.3 is 10.2 Å². The Labute approximate surface area is 124 Å². The summed E-state index contributed by atoms with van der Waals surface area (Å²) >= 11 is 1.68. The van der Waals surface area contributed by atoms with E-state index in [1.165, 1.54) is 4.88 Å². The molecule has 1 aromatic rings. The fourth-order valence-electron chi connectivity index (χ4n) is 2.65. The summed E-state index contributed by atoms with van der Waals surface area (Å²) in [6, 6.07) is 3.35. The number of hydrogen-bond acceptors (Lipinski definition) is 3. The zero-order valence-corrected chi connectivity index (χ0v) is 13.3. The Morgan fingerprint density at radius 2 is 2.05 bits per heavy atom. The van der Waals surface area contributed by atoms with Gasteiger partial charge in [-0.3, -0.25) is 9.59 Å². The summed E-state index contributed by atoms with van der Waals surface area (Å²) in [6.45, 7) is 8.47. The third kappa shape index (κ3) is 2.87. The Morgan fingerprint density at radius 3 is 2.55 bits per heavy atom. The first-order valence-electron chi connectivity index (χ1n) is 7.10. The van der Waals surface area contributed by atoms with Gasteiger partial charge in [0.2, 0.25) is 11.8 Å². The molecular weight excluding hydrogens is 272 g/mol. The predicted molar refractivity (Wildman–Crippen MR) is 80.5 cm³/mol. The van der Waals surface area contributed by atoms with Gasteiger partial charge in [-0.25, -0.2) is 0 Å². The average Bonchev–Trinajstić information content (AvgIpc) is 2.78. The van der Waals surface area contributed by atoms with E-state index < -0.39 is 0 Å². The Bertz CT molecular complexity index is 510. The van der Waals surface area contributed by atoms with Gasteiger partial charge in [0.25, 0.3) is 0 Å². The normalized spacial score (nSPS) is 23.4. The fraction of sp³-hybridized carbons (Fsp3) is 0.600. The first-order valence-corrected chi connectivity index (χ1v) is 7.91. The van der Waals surface area contributed by atoms with Crippen LogP contribution in [-0.4, -0.2) is 28.8 Å². The number of nitrogens with one attached hydrogen (secondary N) is 1. The largest absolute Gasteiger partial charge is 0.343 e. The van der Waals surface area contributed by atoms with Gasteiger partial charge in [-0.1, -0.05) is 20.8 Å². The summed E-state index contributed by atoms with van der Waals surface area (Å²) in [7, 11) is 0. The van der Waals surface area contributed by atoms with Gasteiger partial charge in [-0.2, -0.15) is 0 Å². The van der Waals surface area contributed by atoms with Crippen LogP contribution in [0, 0.1) is 12.8 Å². The molecule has 2 unspecified atom stereocenters. The molecule has 2 amide bonds. The lowest BCUT2D eigenvalue weighted by molar-refractivity contribution is -0.151. The van der Waals surface area contributed by atoms with Crippen LogP contribution in [0.25, 0.3) is 0 Å². The summed E-state index contributed by atoms with van der Waals surface area (Å²) < 4.78 is 0. The van der Waals surface area contributed by atoms with Crippen LogP contribution >= 0.6 is 11.3 Å². The number of carbonyl (C=O) groups excluding carboxylic acids is 2. The second-order valence-corrected chi connectivity index (χ2v) is 7.01. The van der Waals surface area contributed by atoms with E-state index in [1.54, 1.807) is 16.2 Å². The number of thiophene rings is 1. The molecule has 1 aliphatic rings. The first kappa shape index (κ1) is 15.0. The van der Waals surface area contributed by atoms with E-state index in [2.05, 4.69) is 11.4 Å². The molecule has 110 valence electrons. The number of carbonyl (C=O) groups is 2. The number of hydrogen-bond donors (Lipinski definition) is 1. The molecule has 1 aromatic heterocycles. The lowest BCUT2D eigenvalue weighted by Gasteiger charge is -2.40. The number of amides is 2. The number of rotatable bonds is 4. The molecule has 1 N–H and O–H groups in total. The van der Waals surface area contributed by atoms with E-state index in [9.17, 15) is 9.59 Å². The summed E-state index contributed by atoms with van der Waals surface area (Å²) in [4.78, 5) is 28.9. The summed E-state index contributed by atoms with van der Waals surface area (Å²) in [6.07, 6.45) is 0.634. The van der Waals surface area contributed by atoms with Gasteiger partial charge >= 0.3 is 0 Å². The highest BCUT2D eigenvalue weighted by atomic mass is 32.1. The quantitative estimate of drug-likeness (QED) is 0.926. The van der Waals surface area contributed by atoms with Crippen molar-refractivity contribution in [1.82, 2.24) is 10.2 Å². The second kappa shape index (κ2) is 5.95. The van der Waals surface area contributed by atoms with Crippen molar-refractivity contribution in [2.75, 3.05) is 0 Å². The van der Waals surface area contributed by atoms with Crippen molar-refractivity contribution in [2.24, 2.45) is 5.92 Å². The maximum Gasteiger partial charge on any atom is 0.246 e. The topological polar surface area (TPSA) is 49.4 Å². The Morgan fingerprint density at radius 1 is 1.35 bits per heavy atom. The molecule has 2 rings (SSSR count). The van der Waals surface area contributed by atoms with E-state index in [1.807, 2.05) is 33.8 Å². The molecule has 1 aliphatic heterocycles. The van der Waals surface area contributed by atoms with E-state index in [-0.39, 0.29) is 29.8 Å². The first-order chi connectivity index (χ1) is 9.43. The van der Waals surface area contributed by atoms with Gasteiger partial charge in [0.15, 0.2) is 0 Å². The van der Waals surface area contributed by atoms with Crippen molar-refractivity contribution in [1.29, 1.82) is 0 Å². The van der Waals surface area contributed by atoms with Gasteiger partial charge in [0, 0.05) is 9.75 Å². The van der Waals surface area contributed by atoms with Crippen molar-refractivity contribution < 1.29 is 9.59 Å². The fourth-order valence-corrected chi connectivity index (χ4v) is 3.54. The van der Waals surface area contributed by atoms with Crippen LogP contribution in [0.1, 0.15) is 36.9 Å². The van der Waals surface area contributed by atoms with Crippen LogP contribution in [0.4, 0.5) is 0 Å². The van der Waals surface area contributed by atoms with E-state index in [0.717, 1.165) is 4.88 Å². The zero-order valence-electron chi connectivity index (χ0n) is 12.5. The minimum Gasteiger partial charge on any atom is -0.343 e. The van der Waals surface area contributed by atoms with Gasteiger partial charge in [-0.05, 0) is 31.4 Å². The lowest BCUT2D eigenvalue weighted by Crippen LogP contribution is -2.64. The summed E-state index contributed by atoms with van der Waals surface area (Å²) in [5.41, 5.74) is 0. The highest BCUT2D eigenvalue weighted by molar-refractivity contribution is 7.11. The Balaban J connectivity index is 2.27. The molecule has 5 heteroatoms. The number of piperazine rings is 1. The zero-order chi connectivity index (χ0) is 14.9. The van der Waals surface area contributed by atoms with E-state index >= 15 is 0 Å². The molecule has 0 spiro atoms. The average molecular weight is 294 g/mol.